The Balaban J connectivity index is 2.03. The molecule has 5 nitrogen and oxygen atoms in total. The molecule has 2 aromatic carbocycles. The number of fused-ring (bicyclic) bond motifs is 1. The quantitative estimate of drug-likeness (QED) is 0.781. The van der Waals surface area contributed by atoms with E-state index in [2.05, 4.69) is 9.97 Å². The summed E-state index contributed by atoms with van der Waals surface area (Å²) in [5.41, 5.74) is 1.13. The number of halogens is 2. The molecule has 21 heavy (non-hydrogen) atoms. The van der Waals surface area contributed by atoms with Gasteiger partial charge in [-0.25, -0.2) is 26.9 Å². The van der Waals surface area contributed by atoms with Crippen molar-refractivity contribution in [2.75, 3.05) is 4.72 Å². The van der Waals surface area contributed by atoms with Gasteiger partial charge < -0.3 is 4.98 Å². The Labute approximate surface area is 118 Å². The van der Waals surface area contributed by atoms with Gasteiger partial charge in [-0.15, -0.1) is 0 Å². The van der Waals surface area contributed by atoms with E-state index >= 15 is 0 Å². The van der Waals surface area contributed by atoms with Crippen molar-refractivity contribution in [2.45, 2.75) is 4.90 Å². The first-order valence-electron chi connectivity index (χ1n) is 5.89. The molecule has 1 heterocycles. The maximum Gasteiger partial charge on any atom is 0.270 e. The number of hydrogen-bond acceptors (Lipinski definition) is 3. The van der Waals surface area contributed by atoms with Gasteiger partial charge in [-0.3, -0.25) is 0 Å². The SMILES string of the molecule is O=S(=O)(Nc1nc2ccccc2[nH]1)c1c(F)cccc1F. The van der Waals surface area contributed by atoms with Gasteiger partial charge in [-0.05, 0) is 24.3 Å². The minimum absolute atomic E-state index is 0.112. The molecule has 0 aliphatic rings. The number of anilines is 1. The van der Waals surface area contributed by atoms with Crippen LogP contribution in [0.15, 0.2) is 47.4 Å². The highest BCUT2D eigenvalue weighted by molar-refractivity contribution is 7.92. The van der Waals surface area contributed by atoms with Gasteiger partial charge in [0.1, 0.15) is 11.6 Å². The summed E-state index contributed by atoms with van der Waals surface area (Å²) in [6.45, 7) is 0. The van der Waals surface area contributed by atoms with E-state index < -0.39 is 26.6 Å². The fourth-order valence-corrected chi connectivity index (χ4v) is 3.02. The van der Waals surface area contributed by atoms with E-state index in [0.29, 0.717) is 11.0 Å². The van der Waals surface area contributed by atoms with Crippen molar-refractivity contribution in [3.8, 4) is 0 Å². The largest absolute Gasteiger partial charge is 0.323 e. The zero-order chi connectivity index (χ0) is 15.0. The predicted molar refractivity (Wildman–Crippen MR) is 73.3 cm³/mol. The second-order valence-electron chi connectivity index (χ2n) is 4.26. The second kappa shape index (κ2) is 4.81. The number of benzene rings is 2. The summed E-state index contributed by atoms with van der Waals surface area (Å²) in [5, 5.41) is 0. The van der Waals surface area contributed by atoms with Gasteiger partial charge in [0.15, 0.2) is 4.90 Å². The van der Waals surface area contributed by atoms with Gasteiger partial charge in [0.25, 0.3) is 10.0 Å². The lowest BCUT2D eigenvalue weighted by atomic mass is 10.3. The normalized spacial score (nSPS) is 11.7. The van der Waals surface area contributed by atoms with E-state index in [-0.39, 0.29) is 5.95 Å². The summed E-state index contributed by atoms with van der Waals surface area (Å²) in [7, 11) is -4.42. The van der Waals surface area contributed by atoms with E-state index in [4.69, 9.17) is 0 Å². The number of sulfonamides is 1. The standard InChI is InChI=1S/C13H9F2N3O2S/c14-8-4-3-5-9(15)12(8)21(19,20)18-13-16-10-6-1-2-7-11(10)17-13/h1-7H,(H2,16,17,18). The number of aromatic amines is 1. The molecule has 0 atom stereocenters. The Morgan fingerprint density at radius 3 is 2.33 bits per heavy atom. The Morgan fingerprint density at radius 1 is 1.00 bits per heavy atom. The fourth-order valence-electron chi connectivity index (χ4n) is 1.92. The third-order valence-electron chi connectivity index (χ3n) is 2.81. The van der Waals surface area contributed by atoms with Crippen LogP contribution < -0.4 is 4.72 Å². The molecule has 0 spiro atoms. The smallest absolute Gasteiger partial charge is 0.270 e. The predicted octanol–water partition coefficient (Wildman–Crippen LogP) is 2.64. The third kappa shape index (κ3) is 2.45. The van der Waals surface area contributed by atoms with Crippen LogP contribution in [0.1, 0.15) is 0 Å². The van der Waals surface area contributed by atoms with Crippen LogP contribution in [0.4, 0.5) is 14.7 Å². The zero-order valence-corrected chi connectivity index (χ0v) is 11.3. The van der Waals surface area contributed by atoms with Crippen molar-refractivity contribution >= 4 is 27.0 Å². The molecule has 0 saturated heterocycles. The highest BCUT2D eigenvalue weighted by atomic mass is 32.2. The lowest BCUT2D eigenvalue weighted by Crippen LogP contribution is -2.17. The highest BCUT2D eigenvalue weighted by Gasteiger charge is 2.24. The maximum absolute atomic E-state index is 13.6. The average molecular weight is 309 g/mol. The summed E-state index contributed by atoms with van der Waals surface area (Å²) in [4.78, 5) is 5.67. The van der Waals surface area contributed by atoms with Crippen LogP contribution in [0.3, 0.4) is 0 Å². The van der Waals surface area contributed by atoms with Crippen LogP contribution in [0.5, 0.6) is 0 Å². The second-order valence-corrected chi connectivity index (χ2v) is 5.88. The van der Waals surface area contributed by atoms with Gasteiger partial charge in [0.2, 0.25) is 5.95 Å². The topological polar surface area (TPSA) is 74.8 Å². The molecule has 8 heteroatoms. The molecule has 0 amide bonds. The number of hydrogen-bond donors (Lipinski definition) is 2. The van der Waals surface area contributed by atoms with Gasteiger partial charge in [-0.2, -0.15) is 0 Å². The zero-order valence-electron chi connectivity index (χ0n) is 10.5. The molecule has 1 aromatic heterocycles. The summed E-state index contributed by atoms with van der Waals surface area (Å²) < 4.78 is 53.3. The highest BCUT2D eigenvalue weighted by Crippen LogP contribution is 2.21. The molecule has 0 aliphatic carbocycles. The van der Waals surface area contributed by atoms with Crippen molar-refractivity contribution in [1.82, 2.24) is 9.97 Å². The Bertz CT molecular complexity index is 869. The molecule has 3 aromatic rings. The number of nitrogens with zero attached hydrogens (tertiary/aromatic N) is 1. The molecule has 3 rings (SSSR count). The van der Waals surface area contributed by atoms with Crippen molar-refractivity contribution < 1.29 is 17.2 Å². The molecule has 0 aliphatic heterocycles. The minimum atomic E-state index is -4.42. The lowest BCUT2D eigenvalue weighted by Gasteiger charge is -2.07. The van der Waals surface area contributed by atoms with Crippen molar-refractivity contribution in [1.29, 1.82) is 0 Å². The number of aromatic nitrogens is 2. The number of para-hydroxylation sites is 2. The van der Waals surface area contributed by atoms with Gasteiger partial charge in [-0.1, -0.05) is 18.2 Å². The van der Waals surface area contributed by atoms with E-state index in [1.165, 1.54) is 0 Å². The fraction of sp³-hybridized carbons (Fsp3) is 0. The number of H-pyrrole nitrogens is 1. The van der Waals surface area contributed by atoms with E-state index in [1.54, 1.807) is 24.3 Å². The lowest BCUT2D eigenvalue weighted by molar-refractivity contribution is 0.521. The first-order valence-corrected chi connectivity index (χ1v) is 7.37. The van der Waals surface area contributed by atoms with E-state index in [0.717, 1.165) is 18.2 Å². The third-order valence-corrected chi connectivity index (χ3v) is 4.20. The van der Waals surface area contributed by atoms with Crippen molar-refractivity contribution in [3.63, 3.8) is 0 Å². The van der Waals surface area contributed by atoms with Gasteiger partial charge >= 0.3 is 0 Å². The molecule has 2 N–H and O–H groups in total. The van der Waals surface area contributed by atoms with Crippen molar-refractivity contribution in [2.24, 2.45) is 0 Å². The summed E-state index contributed by atoms with van der Waals surface area (Å²) in [5.74, 6) is -2.45. The molecule has 0 bridgehead atoms. The molecule has 108 valence electrons. The van der Waals surface area contributed by atoms with Gasteiger partial charge in [0, 0.05) is 0 Å². The molecule has 0 fully saturated rings. The van der Waals surface area contributed by atoms with E-state index in [9.17, 15) is 17.2 Å². The Kier molecular flexibility index (Phi) is 3.09. The minimum Gasteiger partial charge on any atom is -0.323 e. The maximum atomic E-state index is 13.6. The number of imidazole rings is 1. The Morgan fingerprint density at radius 2 is 1.67 bits per heavy atom. The summed E-state index contributed by atoms with van der Waals surface area (Å²) in [6.07, 6.45) is 0. The number of rotatable bonds is 3. The average Bonchev–Trinajstić information content (AvgIpc) is 2.79. The summed E-state index contributed by atoms with van der Waals surface area (Å²) in [6, 6.07) is 9.68. The Hall–Kier alpha value is -2.48. The van der Waals surface area contributed by atoms with Crippen LogP contribution >= 0.6 is 0 Å². The molecule has 0 saturated carbocycles. The first kappa shape index (κ1) is 13.5. The first-order chi connectivity index (χ1) is 9.97. The monoisotopic (exact) mass is 309 g/mol. The molecule has 0 radical (unpaired) electrons. The van der Waals surface area contributed by atoms with Crippen molar-refractivity contribution in [3.05, 3.63) is 54.1 Å². The van der Waals surface area contributed by atoms with E-state index in [1.807, 2.05) is 4.72 Å². The van der Waals surface area contributed by atoms with Crippen LogP contribution in [-0.2, 0) is 10.0 Å². The van der Waals surface area contributed by atoms with Gasteiger partial charge in [0.05, 0.1) is 11.0 Å². The van der Waals surface area contributed by atoms with Crippen LogP contribution in [0.25, 0.3) is 11.0 Å². The van der Waals surface area contributed by atoms with Crippen LogP contribution in [0.2, 0.25) is 0 Å². The molecular weight excluding hydrogens is 300 g/mol. The molecular formula is C13H9F2N3O2S. The van der Waals surface area contributed by atoms with Crippen LogP contribution in [-0.4, -0.2) is 18.4 Å². The summed E-state index contributed by atoms with van der Waals surface area (Å²) >= 11 is 0. The molecule has 0 unspecified atom stereocenters. The number of nitrogens with one attached hydrogen (secondary N) is 2. The van der Waals surface area contributed by atoms with Crippen LogP contribution in [0, 0.1) is 11.6 Å².